The van der Waals surface area contributed by atoms with Crippen molar-refractivity contribution < 1.29 is 17.5 Å². The number of rotatable bonds is 4. The van der Waals surface area contributed by atoms with Crippen molar-refractivity contribution in [2.75, 3.05) is 32.5 Å². The second kappa shape index (κ2) is 5.67. The molecule has 0 bridgehead atoms. The monoisotopic (exact) mass is 302 g/mol. The lowest BCUT2D eigenvalue weighted by Gasteiger charge is -2.18. The number of methoxy groups -OCH3 is 1. The van der Waals surface area contributed by atoms with E-state index in [-0.39, 0.29) is 16.5 Å². The third-order valence-corrected chi connectivity index (χ3v) is 5.57. The Labute approximate surface area is 118 Å². The summed E-state index contributed by atoms with van der Waals surface area (Å²) in [7, 11) is -2.03. The molecule has 2 rings (SSSR count). The number of nitrogen functional groups attached to an aromatic ring is 1. The molecule has 1 unspecified atom stereocenters. The fraction of sp³-hybridized carbons (Fsp3) is 0.538. The number of aryl methyl sites for hydroxylation is 1. The van der Waals surface area contributed by atoms with E-state index in [9.17, 15) is 12.8 Å². The predicted octanol–water partition coefficient (Wildman–Crippen LogP) is 1.37. The van der Waals surface area contributed by atoms with Crippen molar-refractivity contribution in [3.05, 3.63) is 23.5 Å². The third kappa shape index (κ3) is 2.79. The maximum Gasteiger partial charge on any atom is 0.243 e. The summed E-state index contributed by atoms with van der Waals surface area (Å²) < 4.78 is 45.0. The predicted molar refractivity (Wildman–Crippen MR) is 74.3 cm³/mol. The van der Waals surface area contributed by atoms with E-state index in [1.165, 1.54) is 10.4 Å². The van der Waals surface area contributed by atoms with E-state index < -0.39 is 15.8 Å². The normalized spacial score (nSPS) is 20.4. The molecule has 0 saturated carbocycles. The lowest BCUT2D eigenvalue weighted by Crippen LogP contribution is -2.30. The summed E-state index contributed by atoms with van der Waals surface area (Å²) >= 11 is 0. The number of nitrogens with zero attached hydrogens (tertiary/aromatic N) is 1. The van der Waals surface area contributed by atoms with E-state index >= 15 is 0 Å². The molecule has 20 heavy (non-hydrogen) atoms. The average molecular weight is 302 g/mol. The summed E-state index contributed by atoms with van der Waals surface area (Å²) in [5.41, 5.74) is 5.70. The van der Waals surface area contributed by atoms with Crippen molar-refractivity contribution in [2.24, 2.45) is 5.92 Å². The standard InChI is InChI=1S/C13H19FN2O3S/c1-9-5-11(14)12(15)6-13(9)20(17,18)16-4-3-10(7-16)8-19-2/h5-6,10H,3-4,7-8,15H2,1-2H3. The van der Waals surface area contributed by atoms with Gasteiger partial charge in [0.25, 0.3) is 0 Å². The van der Waals surface area contributed by atoms with E-state index in [4.69, 9.17) is 10.5 Å². The van der Waals surface area contributed by atoms with Gasteiger partial charge in [-0.15, -0.1) is 0 Å². The quantitative estimate of drug-likeness (QED) is 0.853. The molecule has 1 aliphatic heterocycles. The van der Waals surface area contributed by atoms with Crippen molar-refractivity contribution in [2.45, 2.75) is 18.2 Å². The van der Waals surface area contributed by atoms with Gasteiger partial charge < -0.3 is 10.5 Å². The summed E-state index contributed by atoms with van der Waals surface area (Å²) in [5, 5.41) is 0. The smallest absolute Gasteiger partial charge is 0.243 e. The Morgan fingerprint density at radius 3 is 2.85 bits per heavy atom. The van der Waals surface area contributed by atoms with Crippen molar-refractivity contribution >= 4 is 15.7 Å². The van der Waals surface area contributed by atoms with Crippen molar-refractivity contribution in [3.63, 3.8) is 0 Å². The topological polar surface area (TPSA) is 72.6 Å². The fourth-order valence-corrected chi connectivity index (χ4v) is 4.25. The van der Waals surface area contributed by atoms with Crippen LogP contribution < -0.4 is 5.73 Å². The molecule has 5 nitrogen and oxygen atoms in total. The van der Waals surface area contributed by atoms with E-state index in [0.29, 0.717) is 25.3 Å². The zero-order chi connectivity index (χ0) is 14.9. The molecule has 7 heteroatoms. The van der Waals surface area contributed by atoms with Crippen LogP contribution in [0.1, 0.15) is 12.0 Å². The Morgan fingerprint density at radius 1 is 1.50 bits per heavy atom. The second-order valence-electron chi connectivity index (χ2n) is 5.11. The summed E-state index contributed by atoms with van der Waals surface area (Å²) in [6, 6.07) is 2.36. The Kier molecular flexibility index (Phi) is 4.31. The van der Waals surface area contributed by atoms with Crippen molar-refractivity contribution in [1.82, 2.24) is 4.31 Å². The van der Waals surface area contributed by atoms with Crippen LogP contribution in [0.4, 0.5) is 10.1 Å². The van der Waals surface area contributed by atoms with Crippen LogP contribution in [-0.2, 0) is 14.8 Å². The van der Waals surface area contributed by atoms with Crippen LogP contribution in [0.15, 0.2) is 17.0 Å². The van der Waals surface area contributed by atoms with Crippen LogP contribution in [0.3, 0.4) is 0 Å². The van der Waals surface area contributed by atoms with Gasteiger partial charge in [-0.25, -0.2) is 12.8 Å². The van der Waals surface area contributed by atoms with Gasteiger partial charge in [0.15, 0.2) is 0 Å². The van der Waals surface area contributed by atoms with Gasteiger partial charge in [-0.2, -0.15) is 4.31 Å². The lowest BCUT2D eigenvalue weighted by molar-refractivity contribution is 0.157. The first kappa shape index (κ1) is 15.2. The lowest BCUT2D eigenvalue weighted by atomic mass is 10.1. The molecule has 1 aromatic carbocycles. The number of nitrogens with two attached hydrogens (primary N) is 1. The molecule has 112 valence electrons. The molecule has 0 aromatic heterocycles. The molecule has 1 atom stereocenters. The highest BCUT2D eigenvalue weighted by Crippen LogP contribution is 2.28. The van der Waals surface area contributed by atoms with Gasteiger partial charge in [0.2, 0.25) is 10.0 Å². The number of sulfonamides is 1. The maximum atomic E-state index is 13.3. The Hall–Kier alpha value is -1.18. The molecular weight excluding hydrogens is 283 g/mol. The van der Waals surface area contributed by atoms with Crippen LogP contribution in [0, 0.1) is 18.7 Å². The Bertz CT molecular complexity index is 604. The minimum atomic E-state index is -3.63. The van der Waals surface area contributed by atoms with Gasteiger partial charge in [0.1, 0.15) is 5.82 Å². The number of anilines is 1. The minimum absolute atomic E-state index is 0.0782. The summed E-state index contributed by atoms with van der Waals surface area (Å²) in [6.07, 6.45) is 0.767. The van der Waals surface area contributed by atoms with Gasteiger partial charge in [0, 0.05) is 20.2 Å². The van der Waals surface area contributed by atoms with Gasteiger partial charge in [-0.3, -0.25) is 0 Å². The molecule has 0 aliphatic carbocycles. The molecule has 1 saturated heterocycles. The third-order valence-electron chi connectivity index (χ3n) is 3.56. The first-order valence-corrected chi connectivity index (χ1v) is 7.85. The highest BCUT2D eigenvalue weighted by atomic mass is 32.2. The fourth-order valence-electron chi connectivity index (χ4n) is 2.47. The van der Waals surface area contributed by atoms with Crippen LogP contribution in [-0.4, -0.2) is 39.5 Å². The number of hydrogen-bond acceptors (Lipinski definition) is 4. The Morgan fingerprint density at radius 2 is 2.20 bits per heavy atom. The summed E-state index contributed by atoms with van der Waals surface area (Å²) in [6.45, 7) is 2.98. The first-order valence-electron chi connectivity index (χ1n) is 6.41. The highest BCUT2D eigenvalue weighted by molar-refractivity contribution is 7.89. The van der Waals surface area contributed by atoms with Gasteiger partial charge in [-0.05, 0) is 37.0 Å². The van der Waals surface area contributed by atoms with Gasteiger partial charge >= 0.3 is 0 Å². The molecule has 1 aliphatic rings. The van der Waals surface area contributed by atoms with Crippen LogP contribution >= 0.6 is 0 Å². The number of hydrogen-bond donors (Lipinski definition) is 1. The maximum absolute atomic E-state index is 13.3. The number of ether oxygens (including phenoxy) is 1. The molecule has 0 spiro atoms. The van der Waals surface area contributed by atoms with Crippen molar-refractivity contribution in [3.8, 4) is 0 Å². The summed E-state index contributed by atoms with van der Waals surface area (Å²) in [4.78, 5) is 0.0782. The number of halogens is 1. The SMILES string of the molecule is COCC1CCN(S(=O)(=O)c2cc(N)c(F)cc2C)C1. The summed E-state index contributed by atoms with van der Waals surface area (Å²) in [5.74, 6) is -0.395. The van der Waals surface area contributed by atoms with Crippen molar-refractivity contribution in [1.29, 1.82) is 0 Å². The zero-order valence-corrected chi connectivity index (χ0v) is 12.4. The highest BCUT2D eigenvalue weighted by Gasteiger charge is 2.33. The molecule has 1 fully saturated rings. The molecule has 1 heterocycles. The molecule has 0 amide bonds. The first-order chi connectivity index (χ1) is 9.36. The van der Waals surface area contributed by atoms with Gasteiger partial charge in [0.05, 0.1) is 17.2 Å². The molecule has 1 aromatic rings. The van der Waals surface area contributed by atoms with E-state index in [1.54, 1.807) is 14.0 Å². The molecule has 2 N–H and O–H groups in total. The minimum Gasteiger partial charge on any atom is -0.396 e. The largest absolute Gasteiger partial charge is 0.396 e. The molecular formula is C13H19FN2O3S. The molecule has 0 radical (unpaired) electrons. The number of benzene rings is 1. The van der Waals surface area contributed by atoms with Gasteiger partial charge in [-0.1, -0.05) is 0 Å². The second-order valence-corrected chi connectivity index (χ2v) is 7.02. The van der Waals surface area contributed by atoms with Crippen LogP contribution in [0.25, 0.3) is 0 Å². The Balaban J connectivity index is 2.30. The van der Waals surface area contributed by atoms with E-state index in [1.807, 2.05) is 0 Å². The van der Waals surface area contributed by atoms with E-state index in [2.05, 4.69) is 0 Å². The van der Waals surface area contributed by atoms with Crippen LogP contribution in [0.5, 0.6) is 0 Å². The van der Waals surface area contributed by atoms with E-state index in [0.717, 1.165) is 12.5 Å². The average Bonchev–Trinajstić information content (AvgIpc) is 2.83. The zero-order valence-electron chi connectivity index (χ0n) is 11.6. The van der Waals surface area contributed by atoms with Crippen LogP contribution in [0.2, 0.25) is 0 Å².